The second kappa shape index (κ2) is 5.70. The predicted octanol–water partition coefficient (Wildman–Crippen LogP) is 2.48. The summed E-state index contributed by atoms with van der Waals surface area (Å²) in [6.45, 7) is 9.38. The van der Waals surface area contributed by atoms with Crippen LogP contribution in [-0.2, 0) is 0 Å². The minimum Gasteiger partial charge on any atom is -0.370 e. The topological polar surface area (TPSA) is 75.9 Å². The van der Waals surface area contributed by atoms with Crippen LogP contribution in [0.5, 0.6) is 0 Å². The molecule has 0 aliphatic heterocycles. The Kier molecular flexibility index (Phi) is 4.54. The Labute approximate surface area is 103 Å². The fourth-order valence-corrected chi connectivity index (χ4v) is 1.31. The van der Waals surface area contributed by atoms with Gasteiger partial charge in [-0.25, -0.2) is 0 Å². The number of nitrogen functional groups attached to an aromatic ring is 1. The number of nitrogens with two attached hydrogens (primary N) is 1. The number of aromatic nitrogens is 2. The molecule has 0 amide bonds. The van der Waals surface area contributed by atoms with E-state index >= 15 is 0 Å². The highest BCUT2D eigenvalue weighted by Crippen LogP contribution is 2.19. The molecule has 0 fully saturated rings. The van der Waals surface area contributed by atoms with Crippen LogP contribution in [-0.4, -0.2) is 22.1 Å². The van der Waals surface area contributed by atoms with Crippen molar-refractivity contribution >= 4 is 17.6 Å². The second-order valence-corrected chi connectivity index (χ2v) is 4.79. The van der Waals surface area contributed by atoms with Gasteiger partial charge < -0.3 is 16.4 Å². The van der Waals surface area contributed by atoms with E-state index in [4.69, 9.17) is 5.73 Å². The van der Waals surface area contributed by atoms with Crippen molar-refractivity contribution in [3.8, 4) is 0 Å². The van der Waals surface area contributed by atoms with E-state index in [-0.39, 0.29) is 5.54 Å². The molecule has 1 rings (SSSR count). The second-order valence-electron chi connectivity index (χ2n) is 4.79. The summed E-state index contributed by atoms with van der Waals surface area (Å²) in [7, 11) is 0. The van der Waals surface area contributed by atoms with E-state index in [9.17, 15) is 0 Å². The quantitative estimate of drug-likeness (QED) is 0.708. The van der Waals surface area contributed by atoms with Crippen LogP contribution < -0.4 is 16.4 Å². The van der Waals surface area contributed by atoms with Crippen LogP contribution in [0.2, 0.25) is 0 Å². The molecule has 4 N–H and O–H groups in total. The van der Waals surface area contributed by atoms with Gasteiger partial charge in [0.25, 0.3) is 0 Å². The summed E-state index contributed by atoms with van der Waals surface area (Å²) in [5.41, 5.74) is 5.69. The Morgan fingerprint density at radius 3 is 2.47 bits per heavy atom. The van der Waals surface area contributed by atoms with Gasteiger partial charge in [0.15, 0.2) is 0 Å². The highest BCUT2D eigenvalue weighted by Gasteiger charge is 2.15. The summed E-state index contributed by atoms with van der Waals surface area (Å²) < 4.78 is 0. The van der Waals surface area contributed by atoms with Crippen molar-refractivity contribution in [3.63, 3.8) is 0 Å². The van der Waals surface area contributed by atoms with Crippen molar-refractivity contribution in [2.45, 2.75) is 46.1 Å². The molecule has 1 aromatic heterocycles. The number of rotatable bonds is 6. The molecular weight excluding hydrogens is 214 g/mol. The van der Waals surface area contributed by atoms with Crippen LogP contribution in [0.3, 0.4) is 0 Å². The van der Waals surface area contributed by atoms with E-state index < -0.39 is 0 Å². The van der Waals surface area contributed by atoms with Crippen molar-refractivity contribution in [2.24, 2.45) is 0 Å². The fourth-order valence-electron chi connectivity index (χ4n) is 1.31. The normalized spacial score (nSPS) is 11.3. The van der Waals surface area contributed by atoms with E-state index in [1.807, 2.05) is 6.07 Å². The zero-order valence-electron chi connectivity index (χ0n) is 11.2. The molecule has 0 aromatic carbocycles. The molecule has 17 heavy (non-hydrogen) atoms. The third-order valence-corrected chi connectivity index (χ3v) is 2.65. The first kappa shape index (κ1) is 13.5. The van der Waals surface area contributed by atoms with Gasteiger partial charge in [0.05, 0.1) is 0 Å². The number of anilines is 3. The number of nitrogens with one attached hydrogen (secondary N) is 2. The maximum absolute atomic E-state index is 5.69. The van der Waals surface area contributed by atoms with Crippen molar-refractivity contribution in [3.05, 3.63) is 6.07 Å². The molecular formula is C12H23N5. The van der Waals surface area contributed by atoms with E-state index in [1.54, 1.807) is 0 Å². The molecule has 0 unspecified atom stereocenters. The molecule has 0 aliphatic carbocycles. The van der Waals surface area contributed by atoms with Gasteiger partial charge in [-0.2, -0.15) is 9.97 Å². The highest BCUT2D eigenvalue weighted by molar-refractivity contribution is 5.51. The van der Waals surface area contributed by atoms with Gasteiger partial charge in [0.1, 0.15) is 11.6 Å². The molecule has 5 heteroatoms. The number of nitrogens with zero attached hydrogens (tertiary/aromatic N) is 2. The summed E-state index contributed by atoms with van der Waals surface area (Å²) in [6, 6.07) is 1.89. The molecule has 1 aromatic rings. The third-order valence-electron chi connectivity index (χ3n) is 2.65. The van der Waals surface area contributed by atoms with Gasteiger partial charge in [0, 0.05) is 18.2 Å². The summed E-state index contributed by atoms with van der Waals surface area (Å²) in [5.74, 6) is 1.83. The summed E-state index contributed by atoms with van der Waals surface area (Å²) >= 11 is 0. The summed E-state index contributed by atoms with van der Waals surface area (Å²) in [6.07, 6.45) is 2.06. The largest absolute Gasteiger partial charge is 0.370 e. The van der Waals surface area contributed by atoms with E-state index in [2.05, 4.69) is 48.3 Å². The lowest BCUT2D eigenvalue weighted by atomic mass is 10.0. The lowest BCUT2D eigenvalue weighted by Gasteiger charge is -2.25. The molecule has 0 spiro atoms. The SMILES string of the molecule is CCCNc1cc(NC(C)(C)CC)nc(N)n1. The fraction of sp³-hybridized carbons (Fsp3) is 0.667. The standard InChI is InChI=1S/C12H23N5/c1-5-7-14-9-8-10(16-11(13)15-9)17-12(3,4)6-2/h8H,5-7H2,1-4H3,(H4,13,14,15,16,17). The monoisotopic (exact) mass is 237 g/mol. The number of hydrogen-bond acceptors (Lipinski definition) is 5. The lowest BCUT2D eigenvalue weighted by molar-refractivity contribution is 0.545. The smallest absolute Gasteiger partial charge is 0.223 e. The molecule has 96 valence electrons. The van der Waals surface area contributed by atoms with Crippen LogP contribution >= 0.6 is 0 Å². The average molecular weight is 237 g/mol. The van der Waals surface area contributed by atoms with Crippen LogP contribution in [0.25, 0.3) is 0 Å². The zero-order valence-corrected chi connectivity index (χ0v) is 11.2. The Morgan fingerprint density at radius 1 is 1.24 bits per heavy atom. The first-order valence-electron chi connectivity index (χ1n) is 6.13. The van der Waals surface area contributed by atoms with Crippen molar-refractivity contribution in [1.29, 1.82) is 0 Å². The predicted molar refractivity (Wildman–Crippen MR) is 73.2 cm³/mol. The van der Waals surface area contributed by atoms with Crippen molar-refractivity contribution in [2.75, 3.05) is 22.9 Å². The Hall–Kier alpha value is -1.52. The van der Waals surface area contributed by atoms with Gasteiger partial charge in [-0.3, -0.25) is 0 Å². The maximum Gasteiger partial charge on any atom is 0.223 e. The van der Waals surface area contributed by atoms with Crippen LogP contribution in [0.15, 0.2) is 6.07 Å². The van der Waals surface area contributed by atoms with Crippen LogP contribution in [0.1, 0.15) is 40.5 Å². The Balaban J connectivity index is 2.82. The third kappa shape index (κ3) is 4.46. The number of hydrogen-bond donors (Lipinski definition) is 3. The van der Waals surface area contributed by atoms with Gasteiger partial charge in [-0.15, -0.1) is 0 Å². The van der Waals surface area contributed by atoms with Crippen LogP contribution in [0.4, 0.5) is 17.6 Å². The summed E-state index contributed by atoms with van der Waals surface area (Å²) in [5, 5.41) is 6.56. The maximum atomic E-state index is 5.69. The highest BCUT2D eigenvalue weighted by atomic mass is 15.1. The van der Waals surface area contributed by atoms with Crippen molar-refractivity contribution in [1.82, 2.24) is 9.97 Å². The van der Waals surface area contributed by atoms with Crippen molar-refractivity contribution < 1.29 is 0 Å². The van der Waals surface area contributed by atoms with Gasteiger partial charge in [-0.05, 0) is 26.7 Å². The molecule has 5 nitrogen and oxygen atoms in total. The lowest BCUT2D eigenvalue weighted by Crippen LogP contribution is -2.30. The minimum absolute atomic E-state index is 0.00280. The molecule has 1 heterocycles. The van der Waals surface area contributed by atoms with E-state index in [0.717, 1.165) is 31.0 Å². The van der Waals surface area contributed by atoms with E-state index in [0.29, 0.717) is 5.95 Å². The summed E-state index contributed by atoms with van der Waals surface area (Å²) in [4.78, 5) is 8.33. The molecule has 0 saturated carbocycles. The zero-order chi connectivity index (χ0) is 12.9. The Morgan fingerprint density at radius 2 is 1.88 bits per heavy atom. The van der Waals surface area contributed by atoms with Gasteiger partial charge >= 0.3 is 0 Å². The van der Waals surface area contributed by atoms with Crippen LogP contribution in [0, 0.1) is 0 Å². The molecule has 0 atom stereocenters. The average Bonchev–Trinajstić information content (AvgIpc) is 2.25. The molecule has 0 bridgehead atoms. The minimum atomic E-state index is 0.00280. The molecule has 0 aliphatic rings. The Bertz CT molecular complexity index is 362. The van der Waals surface area contributed by atoms with Gasteiger partial charge in [-0.1, -0.05) is 13.8 Å². The van der Waals surface area contributed by atoms with Gasteiger partial charge in [0.2, 0.25) is 5.95 Å². The first-order chi connectivity index (χ1) is 7.96. The first-order valence-corrected chi connectivity index (χ1v) is 6.13. The van der Waals surface area contributed by atoms with E-state index in [1.165, 1.54) is 0 Å². The molecule has 0 radical (unpaired) electrons. The molecule has 0 saturated heterocycles.